The molecule has 8 bridgehead atoms. The summed E-state index contributed by atoms with van der Waals surface area (Å²) in [5.41, 5.74) is 36.4. The molecule has 12 aromatic carbocycles. The van der Waals surface area contributed by atoms with Gasteiger partial charge < -0.3 is 9.80 Å². The molecule has 12 atom stereocenters. The summed E-state index contributed by atoms with van der Waals surface area (Å²) in [5, 5.41) is 5.01. The van der Waals surface area contributed by atoms with Crippen LogP contribution in [0.4, 0.5) is 34.1 Å². The van der Waals surface area contributed by atoms with Crippen LogP contribution in [-0.2, 0) is 43.3 Å². The Hall–Kier alpha value is -9.24. The van der Waals surface area contributed by atoms with Crippen LogP contribution in [0.2, 0.25) is 0 Å². The first-order valence-corrected chi connectivity index (χ1v) is 51.2. The Labute approximate surface area is 784 Å². The van der Waals surface area contributed by atoms with Crippen LogP contribution in [0.15, 0.2) is 218 Å². The van der Waals surface area contributed by atoms with Gasteiger partial charge in [0.05, 0.1) is 11.4 Å². The highest BCUT2D eigenvalue weighted by atomic mass is 15.2. The predicted octanol–water partition coefficient (Wildman–Crippen LogP) is 37.3. The molecule has 0 saturated heterocycles. The van der Waals surface area contributed by atoms with Crippen molar-refractivity contribution in [2.45, 2.75) is 336 Å². The second kappa shape index (κ2) is 32.3. The summed E-state index contributed by atoms with van der Waals surface area (Å²) < 4.78 is 0. The van der Waals surface area contributed by atoms with Gasteiger partial charge in [-0.3, -0.25) is 0 Å². The first-order valence-electron chi connectivity index (χ1n) is 51.2. The molecule has 8 saturated carbocycles. The summed E-state index contributed by atoms with van der Waals surface area (Å²) in [6.07, 6.45) is 21.4. The molecule has 0 aliphatic heterocycles. The van der Waals surface area contributed by atoms with Crippen molar-refractivity contribution < 1.29 is 0 Å². The first kappa shape index (κ1) is 88.7. The Morgan fingerprint density at radius 2 is 0.423 bits per heavy atom. The van der Waals surface area contributed by atoms with Crippen molar-refractivity contribution in [3.63, 3.8) is 0 Å². The third kappa shape index (κ3) is 17.1. The molecule has 0 N–H and O–H groups in total. The van der Waals surface area contributed by atoms with Gasteiger partial charge in [0, 0.05) is 44.3 Å². The minimum absolute atomic E-state index is 0.105. The van der Waals surface area contributed by atoms with E-state index in [9.17, 15) is 0 Å². The predicted molar refractivity (Wildman–Crippen MR) is 560 cm³/mol. The van der Waals surface area contributed by atoms with E-state index >= 15 is 0 Å². The Kier molecular flexibility index (Phi) is 22.0. The van der Waals surface area contributed by atoms with Crippen molar-refractivity contribution in [1.82, 2.24) is 0 Å². The number of fused-ring (bicyclic) bond motifs is 10. The molecule has 0 aromatic heterocycles. The molecule has 2 nitrogen and oxygen atoms in total. The van der Waals surface area contributed by atoms with Crippen molar-refractivity contribution in [2.75, 3.05) is 9.80 Å². The van der Waals surface area contributed by atoms with Crippen molar-refractivity contribution in [3.8, 4) is 55.6 Å². The molecule has 130 heavy (non-hydrogen) atoms. The van der Waals surface area contributed by atoms with Crippen LogP contribution in [0.25, 0.3) is 77.2 Å². The molecule has 8 fully saturated rings. The minimum atomic E-state index is -0.108. The number of hydrogen-bond donors (Lipinski definition) is 0. The maximum absolute atomic E-state index is 2.91. The van der Waals surface area contributed by atoms with Gasteiger partial charge in [0.15, 0.2) is 0 Å². The molecule has 674 valence electrons. The maximum Gasteiger partial charge on any atom is 0.0620 e. The van der Waals surface area contributed by atoms with Gasteiger partial charge in [-0.05, 0) is 381 Å². The van der Waals surface area contributed by atoms with Gasteiger partial charge in [0.2, 0.25) is 0 Å². The fourth-order valence-electron chi connectivity index (χ4n) is 26.1. The van der Waals surface area contributed by atoms with Crippen LogP contribution in [0, 0.1) is 47.3 Å². The molecule has 12 aromatic rings. The molecule has 2 heteroatoms. The Bertz CT molecular complexity index is 5960. The molecule has 20 rings (SSSR count). The number of benzene rings is 12. The lowest BCUT2D eigenvalue weighted by Crippen LogP contribution is -2.18. The van der Waals surface area contributed by atoms with E-state index in [1.807, 2.05) is 0 Å². The van der Waals surface area contributed by atoms with E-state index in [2.05, 4.69) is 394 Å². The average Bonchev–Trinajstić information content (AvgIpc) is 0.897. The van der Waals surface area contributed by atoms with Crippen molar-refractivity contribution in [3.05, 3.63) is 285 Å². The average molecular weight is 1720 g/mol. The Morgan fingerprint density at radius 1 is 0.185 bits per heavy atom. The zero-order valence-corrected chi connectivity index (χ0v) is 83.9. The van der Waals surface area contributed by atoms with Gasteiger partial charge in [0.1, 0.15) is 0 Å². The van der Waals surface area contributed by atoms with Gasteiger partial charge in [-0.2, -0.15) is 0 Å². The van der Waals surface area contributed by atoms with Gasteiger partial charge in [-0.1, -0.05) is 344 Å². The van der Waals surface area contributed by atoms with Crippen LogP contribution in [0.1, 0.15) is 359 Å². The first-order chi connectivity index (χ1) is 61.3. The standard InChI is InChI=1S/C128H152N2/c1-121(2,3)99-56-91(57-100(73-99)122(4,5)6)87-52-88(92-58-101(123(7,8)9)74-102(59-92)124(10,11)12)65-107(64-87)129(109-68-95(114-48-77-34-38-83(114)44-77)54-96(69-109)115-49-78-35-39-84(115)45-78)119-111-32-28-29-33-112(111)120(118-72-82(42-43-113(118)119)81-30-26-25-27-31-81)130(110-70-97(116-50-79-36-40-85(116)46-79)55-98(71-110)117-51-80-37-41-86(117)47-80)108-66-89(93-60-103(125(13,14)15)75-104(61-93)126(16,17)18)53-90(67-108)94-62-105(127(19,20)21)76-106(63-94)128(22,23)24/h25-33,42-43,52-80,83-86,114-117H,34-41,44-51H2,1-24H3. The van der Waals surface area contributed by atoms with Crippen LogP contribution < -0.4 is 9.80 Å². The minimum Gasteiger partial charge on any atom is -0.309 e. The zero-order valence-electron chi connectivity index (χ0n) is 83.9. The lowest BCUT2D eigenvalue weighted by atomic mass is 9.78. The van der Waals surface area contributed by atoms with Crippen molar-refractivity contribution in [2.24, 2.45) is 47.3 Å². The highest BCUT2D eigenvalue weighted by Gasteiger charge is 2.47. The lowest BCUT2D eigenvalue weighted by Gasteiger charge is -2.36. The van der Waals surface area contributed by atoms with Crippen molar-refractivity contribution >= 4 is 55.7 Å². The molecule has 0 spiro atoms. The van der Waals surface area contributed by atoms with Gasteiger partial charge in [-0.25, -0.2) is 0 Å². The SMILES string of the molecule is CC(C)(C)c1cc(-c2cc(-c3cc(C(C)(C)C)cc(C(C)(C)C)c3)cc(N(c3cc(C4CC5CCC4C5)cc(C4CC5CCC4C5)c3)c3c4ccccc4c(N(c4cc(-c5cc(C(C)(C)C)cc(C(C)(C)C)c5)cc(-c5cc(C(C)(C)C)cc(C(C)(C)C)c5)c4)c4cc(C5CC6CCC5C6)cc(C5CC6CCC5C6)c4)c4cc(-c5ccccc5)ccc34)c2)cc(C(C)(C)C)c1. The number of anilines is 6. The van der Waals surface area contributed by atoms with E-state index in [4.69, 9.17) is 0 Å². The zero-order chi connectivity index (χ0) is 91.3. The molecule has 0 amide bonds. The molecule has 12 unspecified atom stereocenters. The van der Waals surface area contributed by atoms with E-state index in [1.54, 1.807) is 22.3 Å². The molecular formula is C128H152N2. The summed E-state index contributed by atoms with van der Waals surface area (Å²) in [4.78, 5) is 5.82. The van der Waals surface area contributed by atoms with Gasteiger partial charge >= 0.3 is 0 Å². The molecule has 0 radical (unpaired) electrons. The normalized spacial score (nSPS) is 23.4. The Balaban J connectivity index is 0.957. The molecular weight excluding hydrogens is 1570 g/mol. The highest BCUT2D eigenvalue weighted by molar-refractivity contribution is 6.24. The molecule has 8 aliphatic carbocycles. The number of hydrogen-bond acceptors (Lipinski definition) is 2. The van der Waals surface area contributed by atoms with Crippen LogP contribution in [-0.4, -0.2) is 0 Å². The van der Waals surface area contributed by atoms with E-state index in [1.165, 1.54) is 259 Å². The van der Waals surface area contributed by atoms with Crippen LogP contribution in [0.5, 0.6) is 0 Å². The molecule has 8 aliphatic rings. The lowest BCUT2D eigenvalue weighted by molar-refractivity contribution is 0.412. The summed E-state index contributed by atoms with van der Waals surface area (Å²) in [7, 11) is 0. The second-order valence-corrected chi connectivity index (χ2v) is 51.6. The quantitative estimate of drug-likeness (QED) is 0.0746. The largest absolute Gasteiger partial charge is 0.309 e. The van der Waals surface area contributed by atoms with Crippen LogP contribution >= 0.6 is 0 Å². The fraction of sp³-hybridized carbons (Fsp3) is 0.469. The van der Waals surface area contributed by atoms with Gasteiger partial charge in [0.25, 0.3) is 0 Å². The van der Waals surface area contributed by atoms with Gasteiger partial charge in [-0.15, -0.1) is 0 Å². The van der Waals surface area contributed by atoms with E-state index < -0.39 is 0 Å². The highest BCUT2D eigenvalue weighted by Crippen LogP contribution is 2.63. The second-order valence-electron chi connectivity index (χ2n) is 51.6. The topological polar surface area (TPSA) is 6.48 Å². The monoisotopic (exact) mass is 1720 g/mol. The summed E-state index contributed by atoms with van der Waals surface area (Å²) in [6, 6.07) is 92.6. The number of nitrogens with zero attached hydrogens (tertiary/aromatic N) is 2. The van der Waals surface area contributed by atoms with E-state index in [-0.39, 0.29) is 43.3 Å². The Morgan fingerprint density at radius 3 is 0.669 bits per heavy atom. The van der Waals surface area contributed by atoms with E-state index in [0.29, 0.717) is 47.3 Å². The van der Waals surface area contributed by atoms with Crippen LogP contribution in [0.3, 0.4) is 0 Å². The maximum atomic E-state index is 2.91. The summed E-state index contributed by atoms with van der Waals surface area (Å²) in [6.45, 7) is 58.0. The van der Waals surface area contributed by atoms with Crippen molar-refractivity contribution in [1.29, 1.82) is 0 Å². The molecule has 0 heterocycles. The summed E-state index contributed by atoms with van der Waals surface area (Å²) >= 11 is 0. The fourth-order valence-corrected chi connectivity index (χ4v) is 26.1. The third-order valence-electron chi connectivity index (χ3n) is 34.0. The smallest absolute Gasteiger partial charge is 0.0620 e. The summed E-state index contributed by atoms with van der Waals surface area (Å²) in [5.74, 6) is 8.08. The van der Waals surface area contributed by atoms with E-state index in [0.717, 1.165) is 23.7 Å². The third-order valence-corrected chi connectivity index (χ3v) is 34.0. The number of rotatable bonds is 15.